The van der Waals surface area contributed by atoms with Crippen molar-refractivity contribution < 1.29 is 21.2 Å². The van der Waals surface area contributed by atoms with Crippen molar-refractivity contribution in [1.29, 1.82) is 0 Å². The standard InChI is InChI=1S/C24H23FN2O4S2.ClH/c1-15-16(2)27(14-18-13-20(32(3,28)29)9-10-22(18)33(4,30)31)24-21(15)11-12-26-23(24)17-5-7-19(25)8-6-17;/h5-13H,14H2,1-4H3;1H. The molecule has 0 fully saturated rings. The smallest absolute Gasteiger partial charge is 0.175 e. The fourth-order valence-corrected chi connectivity index (χ4v) is 5.64. The fourth-order valence-electron chi connectivity index (χ4n) is 4.05. The van der Waals surface area contributed by atoms with Crippen molar-refractivity contribution in [2.45, 2.75) is 30.2 Å². The summed E-state index contributed by atoms with van der Waals surface area (Å²) in [7, 11) is -7.14. The molecule has 0 saturated heterocycles. The molecule has 0 bridgehead atoms. The zero-order valence-corrected chi connectivity index (χ0v) is 21.5. The van der Waals surface area contributed by atoms with E-state index < -0.39 is 19.7 Å². The first-order chi connectivity index (χ1) is 15.4. The van der Waals surface area contributed by atoms with Crippen molar-refractivity contribution in [2.75, 3.05) is 12.5 Å². The van der Waals surface area contributed by atoms with E-state index in [0.29, 0.717) is 16.8 Å². The molecule has 0 saturated carbocycles. The van der Waals surface area contributed by atoms with E-state index in [9.17, 15) is 21.2 Å². The van der Waals surface area contributed by atoms with Crippen LogP contribution in [0.5, 0.6) is 0 Å². The monoisotopic (exact) mass is 522 g/mol. The molecular weight excluding hydrogens is 499 g/mol. The Morgan fingerprint density at radius 3 is 2.15 bits per heavy atom. The molecule has 0 atom stereocenters. The van der Waals surface area contributed by atoms with Gasteiger partial charge in [0.1, 0.15) is 5.82 Å². The van der Waals surface area contributed by atoms with Crippen molar-refractivity contribution in [3.8, 4) is 11.3 Å². The normalized spacial score (nSPS) is 12.0. The number of aryl methyl sites for hydroxylation is 1. The van der Waals surface area contributed by atoms with Crippen LogP contribution >= 0.6 is 12.4 Å². The van der Waals surface area contributed by atoms with E-state index in [4.69, 9.17) is 0 Å². The highest BCUT2D eigenvalue weighted by atomic mass is 35.5. The number of hydrogen-bond acceptors (Lipinski definition) is 5. The molecule has 0 radical (unpaired) electrons. The molecule has 0 aliphatic heterocycles. The third kappa shape index (κ3) is 4.73. The summed E-state index contributed by atoms with van der Waals surface area (Å²) in [4.78, 5) is 4.65. The van der Waals surface area contributed by atoms with Gasteiger partial charge in [-0.3, -0.25) is 4.98 Å². The van der Waals surface area contributed by atoms with Gasteiger partial charge in [-0.1, -0.05) is 0 Å². The molecule has 0 aliphatic carbocycles. The van der Waals surface area contributed by atoms with Gasteiger partial charge in [0, 0.05) is 41.9 Å². The summed E-state index contributed by atoms with van der Waals surface area (Å²) in [6, 6.07) is 12.0. The number of fused-ring (bicyclic) bond motifs is 1. The summed E-state index contributed by atoms with van der Waals surface area (Å²) in [5.74, 6) is -0.357. The summed E-state index contributed by atoms with van der Waals surface area (Å²) < 4.78 is 64.7. The third-order valence-corrected chi connectivity index (χ3v) is 8.16. The Kier molecular flexibility index (Phi) is 6.94. The van der Waals surface area contributed by atoms with Gasteiger partial charge in [0.2, 0.25) is 0 Å². The van der Waals surface area contributed by atoms with Gasteiger partial charge in [-0.15, -0.1) is 12.4 Å². The fraction of sp³-hybridized carbons (Fsp3) is 0.208. The predicted molar refractivity (Wildman–Crippen MR) is 134 cm³/mol. The maximum absolute atomic E-state index is 13.5. The molecule has 2 aromatic carbocycles. The van der Waals surface area contributed by atoms with E-state index in [1.165, 1.54) is 30.3 Å². The molecule has 4 rings (SSSR count). The highest BCUT2D eigenvalue weighted by Gasteiger charge is 2.21. The number of halogens is 2. The van der Waals surface area contributed by atoms with Crippen LogP contribution in [0.4, 0.5) is 4.39 Å². The van der Waals surface area contributed by atoms with E-state index >= 15 is 0 Å². The molecule has 0 N–H and O–H groups in total. The van der Waals surface area contributed by atoms with Crippen LogP contribution in [0.2, 0.25) is 0 Å². The minimum absolute atomic E-state index is 0. The van der Waals surface area contributed by atoms with Gasteiger partial charge < -0.3 is 4.57 Å². The van der Waals surface area contributed by atoms with Crippen molar-refractivity contribution in [1.82, 2.24) is 9.55 Å². The Bertz CT molecular complexity index is 1610. The SMILES string of the molecule is Cc1c(C)n(Cc2cc(S(C)(=O)=O)ccc2S(C)(=O)=O)c2c(-c3ccc(F)cc3)nccc12.Cl. The van der Waals surface area contributed by atoms with Gasteiger partial charge in [0.25, 0.3) is 0 Å². The van der Waals surface area contributed by atoms with E-state index in [0.717, 1.165) is 34.7 Å². The summed E-state index contributed by atoms with van der Waals surface area (Å²) in [5.41, 5.74) is 4.37. The van der Waals surface area contributed by atoms with Crippen LogP contribution in [0, 0.1) is 19.7 Å². The molecule has 10 heteroatoms. The molecule has 2 aromatic heterocycles. The number of rotatable bonds is 5. The zero-order valence-electron chi connectivity index (χ0n) is 19.0. The lowest BCUT2D eigenvalue weighted by Crippen LogP contribution is -2.10. The van der Waals surface area contributed by atoms with E-state index in [1.807, 2.05) is 24.5 Å². The molecule has 6 nitrogen and oxygen atoms in total. The number of hydrogen-bond donors (Lipinski definition) is 0. The highest BCUT2D eigenvalue weighted by Crippen LogP contribution is 2.34. The lowest BCUT2D eigenvalue weighted by atomic mass is 10.1. The molecule has 34 heavy (non-hydrogen) atoms. The number of benzene rings is 2. The Balaban J connectivity index is 0.00000324. The second-order valence-electron chi connectivity index (χ2n) is 8.17. The molecule has 0 unspecified atom stereocenters. The molecule has 0 aliphatic rings. The van der Waals surface area contributed by atoms with Crippen LogP contribution in [0.1, 0.15) is 16.8 Å². The minimum atomic E-state index is -3.61. The maximum atomic E-state index is 13.5. The van der Waals surface area contributed by atoms with Crippen molar-refractivity contribution in [2.24, 2.45) is 0 Å². The van der Waals surface area contributed by atoms with E-state index in [2.05, 4.69) is 4.98 Å². The largest absolute Gasteiger partial charge is 0.338 e. The van der Waals surface area contributed by atoms with Crippen LogP contribution in [-0.4, -0.2) is 38.9 Å². The van der Waals surface area contributed by atoms with Gasteiger partial charge in [-0.25, -0.2) is 21.2 Å². The van der Waals surface area contributed by atoms with Crippen LogP contribution in [0.15, 0.2) is 64.5 Å². The molecule has 2 heterocycles. The van der Waals surface area contributed by atoms with Gasteiger partial charge in [0.15, 0.2) is 19.7 Å². The van der Waals surface area contributed by atoms with Crippen molar-refractivity contribution in [3.05, 3.63) is 77.4 Å². The average molecular weight is 523 g/mol. The van der Waals surface area contributed by atoms with E-state index in [1.54, 1.807) is 18.3 Å². The Hall–Kier alpha value is -2.75. The Morgan fingerprint density at radius 2 is 1.56 bits per heavy atom. The summed E-state index contributed by atoms with van der Waals surface area (Å²) in [6.07, 6.45) is 3.87. The number of pyridine rings is 1. The first-order valence-corrected chi connectivity index (χ1v) is 13.9. The second-order valence-corrected chi connectivity index (χ2v) is 12.2. The third-order valence-electron chi connectivity index (χ3n) is 5.85. The van der Waals surface area contributed by atoms with Crippen LogP contribution in [0.3, 0.4) is 0 Å². The van der Waals surface area contributed by atoms with Crippen molar-refractivity contribution in [3.63, 3.8) is 0 Å². The molecule has 4 aromatic rings. The number of aromatic nitrogens is 2. The molecule has 0 spiro atoms. The first kappa shape index (κ1) is 25.9. The minimum Gasteiger partial charge on any atom is -0.338 e. The topological polar surface area (TPSA) is 86.1 Å². The second kappa shape index (κ2) is 9.13. The van der Waals surface area contributed by atoms with E-state index in [-0.39, 0.29) is 34.6 Å². The van der Waals surface area contributed by atoms with Crippen LogP contribution in [-0.2, 0) is 26.2 Å². The Labute approximate surface area is 204 Å². The number of nitrogens with zero attached hydrogens (tertiary/aromatic N) is 2. The number of sulfone groups is 2. The van der Waals surface area contributed by atoms with Gasteiger partial charge in [-0.05, 0) is 73.5 Å². The summed E-state index contributed by atoms with van der Waals surface area (Å²) >= 11 is 0. The maximum Gasteiger partial charge on any atom is 0.175 e. The van der Waals surface area contributed by atoms with Crippen LogP contribution < -0.4 is 0 Å². The molecule has 180 valence electrons. The van der Waals surface area contributed by atoms with Gasteiger partial charge in [0.05, 0.1) is 21.0 Å². The van der Waals surface area contributed by atoms with Crippen LogP contribution in [0.25, 0.3) is 22.2 Å². The first-order valence-electron chi connectivity index (χ1n) is 10.1. The summed E-state index contributed by atoms with van der Waals surface area (Å²) in [6.45, 7) is 4.01. The lowest BCUT2D eigenvalue weighted by Gasteiger charge is -2.15. The lowest BCUT2D eigenvalue weighted by molar-refractivity contribution is 0.596. The molecular formula is C24H24ClFN2O4S2. The highest BCUT2D eigenvalue weighted by molar-refractivity contribution is 7.91. The summed E-state index contributed by atoms with van der Waals surface area (Å²) in [5, 5.41) is 0.932. The Morgan fingerprint density at radius 1 is 0.912 bits per heavy atom. The average Bonchev–Trinajstić information content (AvgIpc) is 2.98. The predicted octanol–water partition coefficient (Wildman–Crippen LogP) is 4.74. The van der Waals surface area contributed by atoms with Gasteiger partial charge >= 0.3 is 0 Å². The van der Waals surface area contributed by atoms with Crippen molar-refractivity contribution >= 4 is 43.0 Å². The van der Waals surface area contributed by atoms with Gasteiger partial charge in [-0.2, -0.15) is 0 Å². The quantitative estimate of drug-likeness (QED) is 0.378. The molecule has 0 amide bonds. The zero-order chi connectivity index (χ0) is 24.1.